The van der Waals surface area contributed by atoms with Crippen molar-refractivity contribution >= 4 is 22.5 Å². The lowest BCUT2D eigenvalue weighted by Crippen LogP contribution is -2.07. The quantitative estimate of drug-likeness (QED) is 0.677. The fourth-order valence-corrected chi connectivity index (χ4v) is 2.18. The van der Waals surface area contributed by atoms with Gasteiger partial charge < -0.3 is 0 Å². The third kappa shape index (κ3) is 2.12. The Hall–Kier alpha value is -2.08. The Bertz CT molecular complexity index is 780. The first-order chi connectivity index (χ1) is 9.47. The Labute approximate surface area is 116 Å². The lowest BCUT2D eigenvalue weighted by atomic mass is 10.2. The minimum Gasteiger partial charge on any atom is -0.298 e. The van der Waals surface area contributed by atoms with E-state index >= 15 is 0 Å². The molecule has 0 aliphatic heterocycles. The van der Waals surface area contributed by atoms with Crippen LogP contribution < -0.4 is 0 Å². The molecular weight excluding hydrogens is 291 g/mol. The Balaban J connectivity index is 2.16. The van der Waals surface area contributed by atoms with Gasteiger partial charge >= 0.3 is 6.18 Å². The van der Waals surface area contributed by atoms with Crippen molar-refractivity contribution in [2.24, 2.45) is 0 Å². The Morgan fingerprint density at radius 2 is 1.95 bits per heavy atom. The van der Waals surface area contributed by atoms with Gasteiger partial charge in [-0.15, -0.1) is 0 Å². The SMILES string of the molecule is FC(F)(F)c1cnc(-n2ccc3ccncc32)c(Cl)c1. The van der Waals surface area contributed by atoms with Crippen molar-refractivity contribution in [2.75, 3.05) is 0 Å². The summed E-state index contributed by atoms with van der Waals surface area (Å²) in [5, 5.41) is 0.832. The molecule has 0 radical (unpaired) electrons. The molecule has 0 saturated heterocycles. The molecule has 0 fully saturated rings. The minimum atomic E-state index is -4.46. The Kier molecular flexibility index (Phi) is 2.90. The fraction of sp³-hybridized carbons (Fsp3) is 0.0769. The van der Waals surface area contributed by atoms with Gasteiger partial charge in [-0.25, -0.2) is 4.98 Å². The van der Waals surface area contributed by atoms with Crippen molar-refractivity contribution in [3.63, 3.8) is 0 Å². The van der Waals surface area contributed by atoms with Crippen LogP contribution in [0, 0.1) is 0 Å². The molecule has 7 heteroatoms. The van der Waals surface area contributed by atoms with Crippen molar-refractivity contribution in [1.82, 2.24) is 14.5 Å². The molecule has 0 aliphatic rings. The molecule has 0 bridgehead atoms. The van der Waals surface area contributed by atoms with Gasteiger partial charge in [0.25, 0.3) is 0 Å². The van der Waals surface area contributed by atoms with Gasteiger partial charge in [-0.1, -0.05) is 11.6 Å². The molecule has 102 valence electrons. The normalized spacial score (nSPS) is 12.0. The smallest absolute Gasteiger partial charge is 0.298 e. The molecule has 0 N–H and O–H groups in total. The second-order valence-corrected chi connectivity index (χ2v) is 4.55. The van der Waals surface area contributed by atoms with Crippen LogP contribution in [0.15, 0.2) is 43.0 Å². The zero-order valence-electron chi connectivity index (χ0n) is 9.89. The number of alkyl halides is 3. The summed E-state index contributed by atoms with van der Waals surface area (Å²) in [7, 11) is 0. The summed E-state index contributed by atoms with van der Waals surface area (Å²) >= 11 is 5.92. The molecule has 0 saturated carbocycles. The van der Waals surface area contributed by atoms with E-state index in [0.717, 1.165) is 23.2 Å². The third-order valence-corrected chi connectivity index (χ3v) is 3.15. The number of rotatable bonds is 1. The van der Waals surface area contributed by atoms with E-state index in [2.05, 4.69) is 9.97 Å². The summed E-state index contributed by atoms with van der Waals surface area (Å²) in [4.78, 5) is 7.81. The van der Waals surface area contributed by atoms with Crippen molar-refractivity contribution in [1.29, 1.82) is 0 Å². The van der Waals surface area contributed by atoms with Gasteiger partial charge in [0.2, 0.25) is 0 Å². The van der Waals surface area contributed by atoms with E-state index < -0.39 is 11.7 Å². The van der Waals surface area contributed by atoms with Crippen LogP contribution in [-0.4, -0.2) is 14.5 Å². The molecule has 3 aromatic rings. The molecule has 0 atom stereocenters. The average molecular weight is 298 g/mol. The van der Waals surface area contributed by atoms with E-state index in [0.29, 0.717) is 0 Å². The van der Waals surface area contributed by atoms with E-state index in [-0.39, 0.29) is 10.8 Å². The standard InChI is InChI=1S/C13H7ClF3N3/c14-10-5-9(13(15,16)17)6-19-12(10)20-4-2-8-1-3-18-7-11(8)20/h1-7H. The van der Waals surface area contributed by atoms with Crippen LogP contribution in [0.1, 0.15) is 5.56 Å². The predicted molar refractivity (Wildman–Crippen MR) is 68.9 cm³/mol. The van der Waals surface area contributed by atoms with E-state index in [1.807, 2.05) is 6.07 Å². The van der Waals surface area contributed by atoms with Gasteiger partial charge in [0.05, 0.1) is 22.3 Å². The number of aromatic nitrogens is 3. The molecule has 0 aromatic carbocycles. The Morgan fingerprint density at radius 3 is 2.65 bits per heavy atom. The van der Waals surface area contributed by atoms with Crippen molar-refractivity contribution in [3.8, 4) is 5.82 Å². The molecule has 0 aliphatic carbocycles. The molecule has 0 amide bonds. The number of hydrogen-bond acceptors (Lipinski definition) is 2. The summed E-state index contributed by atoms with van der Waals surface area (Å²) in [6.07, 6.45) is 1.23. The highest BCUT2D eigenvalue weighted by Crippen LogP contribution is 2.32. The summed E-state index contributed by atoms with van der Waals surface area (Å²) in [6.45, 7) is 0. The maximum Gasteiger partial charge on any atom is 0.417 e. The predicted octanol–water partition coefficient (Wildman–Crippen LogP) is 4.09. The monoisotopic (exact) mass is 297 g/mol. The first kappa shape index (κ1) is 12.9. The van der Waals surface area contributed by atoms with Crippen LogP contribution in [0.5, 0.6) is 0 Å². The number of fused-ring (bicyclic) bond motifs is 1. The number of nitrogens with zero attached hydrogens (tertiary/aromatic N) is 3. The zero-order chi connectivity index (χ0) is 14.3. The van der Waals surface area contributed by atoms with Crippen molar-refractivity contribution < 1.29 is 13.2 Å². The first-order valence-corrected chi connectivity index (χ1v) is 5.99. The molecule has 0 spiro atoms. The number of halogens is 4. The first-order valence-electron chi connectivity index (χ1n) is 5.61. The van der Waals surface area contributed by atoms with E-state index in [9.17, 15) is 13.2 Å². The molecule has 3 rings (SSSR count). The maximum atomic E-state index is 12.6. The van der Waals surface area contributed by atoms with Gasteiger partial charge in [0, 0.05) is 24.0 Å². The zero-order valence-corrected chi connectivity index (χ0v) is 10.7. The van der Waals surface area contributed by atoms with Gasteiger partial charge in [-0.3, -0.25) is 9.55 Å². The lowest BCUT2D eigenvalue weighted by Gasteiger charge is -2.10. The lowest BCUT2D eigenvalue weighted by molar-refractivity contribution is -0.137. The van der Waals surface area contributed by atoms with Crippen LogP contribution >= 0.6 is 11.6 Å². The van der Waals surface area contributed by atoms with E-state index in [1.54, 1.807) is 29.2 Å². The molecule has 20 heavy (non-hydrogen) atoms. The van der Waals surface area contributed by atoms with Gasteiger partial charge in [0.15, 0.2) is 5.82 Å². The highest BCUT2D eigenvalue weighted by Gasteiger charge is 2.31. The van der Waals surface area contributed by atoms with Crippen LogP contribution in [0.4, 0.5) is 13.2 Å². The topological polar surface area (TPSA) is 30.7 Å². The highest BCUT2D eigenvalue weighted by molar-refractivity contribution is 6.32. The summed E-state index contributed by atoms with van der Waals surface area (Å²) in [5.74, 6) is 0.239. The van der Waals surface area contributed by atoms with Crippen molar-refractivity contribution in [2.45, 2.75) is 6.18 Å². The second kappa shape index (κ2) is 4.49. The van der Waals surface area contributed by atoms with Crippen LogP contribution in [0.25, 0.3) is 16.7 Å². The van der Waals surface area contributed by atoms with Gasteiger partial charge in [-0.2, -0.15) is 13.2 Å². The molecule has 3 aromatic heterocycles. The average Bonchev–Trinajstić information content (AvgIpc) is 2.81. The van der Waals surface area contributed by atoms with Crippen LogP contribution in [-0.2, 0) is 6.18 Å². The summed E-state index contributed by atoms with van der Waals surface area (Å²) in [5.41, 5.74) is -0.150. The molecule has 3 heterocycles. The largest absolute Gasteiger partial charge is 0.417 e. The summed E-state index contributed by atoms with van der Waals surface area (Å²) < 4.78 is 39.3. The van der Waals surface area contributed by atoms with E-state index in [4.69, 9.17) is 11.6 Å². The minimum absolute atomic E-state index is 0.0684. The summed E-state index contributed by atoms with van der Waals surface area (Å²) in [6, 6.07) is 4.47. The van der Waals surface area contributed by atoms with Crippen molar-refractivity contribution in [3.05, 3.63) is 53.6 Å². The fourth-order valence-electron chi connectivity index (χ4n) is 1.92. The second-order valence-electron chi connectivity index (χ2n) is 4.15. The number of hydrogen-bond donors (Lipinski definition) is 0. The third-order valence-electron chi connectivity index (χ3n) is 2.87. The maximum absolute atomic E-state index is 12.6. The van der Waals surface area contributed by atoms with Gasteiger partial charge in [-0.05, 0) is 18.2 Å². The van der Waals surface area contributed by atoms with Crippen LogP contribution in [0.2, 0.25) is 5.02 Å². The van der Waals surface area contributed by atoms with Gasteiger partial charge in [0.1, 0.15) is 0 Å². The van der Waals surface area contributed by atoms with E-state index in [1.165, 1.54) is 0 Å². The molecule has 0 unspecified atom stereocenters. The molecular formula is C13H7ClF3N3. The van der Waals surface area contributed by atoms with Crippen LogP contribution in [0.3, 0.4) is 0 Å². The molecule has 3 nitrogen and oxygen atoms in total. The number of pyridine rings is 2. The highest BCUT2D eigenvalue weighted by atomic mass is 35.5. The Morgan fingerprint density at radius 1 is 1.15 bits per heavy atom.